The van der Waals surface area contributed by atoms with Crippen molar-refractivity contribution >= 4 is 23.2 Å². The zero-order valence-electron chi connectivity index (χ0n) is 13.2. The number of hydrogen-bond acceptors (Lipinski definition) is 5. The second-order valence-corrected chi connectivity index (χ2v) is 5.19. The second-order valence-electron chi connectivity index (χ2n) is 5.19. The van der Waals surface area contributed by atoms with Gasteiger partial charge >= 0.3 is 5.97 Å². The van der Waals surface area contributed by atoms with Gasteiger partial charge in [0.05, 0.1) is 24.1 Å². The van der Waals surface area contributed by atoms with Crippen molar-refractivity contribution < 1.29 is 9.53 Å². The Morgan fingerprint density at radius 2 is 1.71 bits per heavy atom. The lowest BCUT2D eigenvalue weighted by Gasteiger charge is -2.11. The fraction of sp³-hybridized carbons (Fsp3) is 0.0526. The van der Waals surface area contributed by atoms with Gasteiger partial charge in [0.1, 0.15) is 0 Å². The van der Waals surface area contributed by atoms with Crippen LogP contribution in [-0.4, -0.2) is 18.1 Å². The molecule has 3 rings (SSSR count). The first kappa shape index (κ1) is 15.6. The van der Waals surface area contributed by atoms with E-state index >= 15 is 0 Å². The third-order valence-corrected chi connectivity index (χ3v) is 3.56. The van der Waals surface area contributed by atoms with Gasteiger partial charge in [0, 0.05) is 11.3 Å². The van der Waals surface area contributed by atoms with Crippen LogP contribution < -0.4 is 11.1 Å². The standard InChI is InChI=1S/C19H17N3O2/c1-24-19(23)14-7-9-15(10-8-14)21-18-16(20)11-12-17(22-18)13-5-3-2-4-6-13/h2-12H,20H2,1H3,(H,21,22). The predicted molar refractivity (Wildman–Crippen MR) is 95.1 cm³/mol. The molecule has 0 amide bonds. The maximum atomic E-state index is 11.5. The zero-order valence-corrected chi connectivity index (χ0v) is 13.2. The van der Waals surface area contributed by atoms with Crippen LogP contribution in [0.25, 0.3) is 11.3 Å². The van der Waals surface area contributed by atoms with Crippen molar-refractivity contribution in [3.05, 3.63) is 72.3 Å². The molecule has 0 saturated carbocycles. The van der Waals surface area contributed by atoms with Crippen LogP contribution >= 0.6 is 0 Å². The van der Waals surface area contributed by atoms with E-state index in [1.54, 1.807) is 24.3 Å². The molecule has 24 heavy (non-hydrogen) atoms. The Morgan fingerprint density at radius 1 is 1.00 bits per heavy atom. The molecule has 0 atom stereocenters. The highest BCUT2D eigenvalue weighted by Crippen LogP contribution is 2.26. The third-order valence-electron chi connectivity index (χ3n) is 3.56. The van der Waals surface area contributed by atoms with Crippen molar-refractivity contribution in [2.75, 3.05) is 18.2 Å². The number of ether oxygens (including phenoxy) is 1. The molecule has 1 aromatic heterocycles. The molecule has 0 saturated heterocycles. The van der Waals surface area contributed by atoms with Gasteiger partial charge in [0.15, 0.2) is 5.82 Å². The number of rotatable bonds is 4. The average Bonchev–Trinajstić information content (AvgIpc) is 2.64. The summed E-state index contributed by atoms with van der Waals surface area (Å²) >= 11 is 0. The molecule has 0 spiro atoms. The largest absolute Gasteiger partial charge is 0.465 e. The Balaban J connectivity index is 1.86. The summed E-state index contributed by atoms with van der Waals surface area (Å²) in [5, 5.41) is 3.18. The normalized spacial score (nSPS) is 10.2. The quantitative estimate of drug-likeness (QED) is 0.714. The van der Waals surface area contributed by atoms with Crippen LogP contribution in [0.1, 0.15) is 10.4 Å². The van der Waals surface area contributed by atoms with Crippen molar-refractivity contribution in [3.8, 4) is 11.3 Å². The number of methoxy groups -OCH3 is 1. The Kier molecular flexibility index (Phi) is 4.43. The van der Waals surface area contributed by atoms with E-state index in [0.717, 1.165) is 16.9 Å². The van der Waals surface area contributed by atoms with Gasteiger partial charge in [0.25, 0.3) is 0 Å². The number of nitrogens with one attached hydrogen (secondary N) is 1. The number of carbonyl (C=O) groups is 1. The van der Waals surface area contributed by atoms with Gasteiger partial charge in [-0.1, -0.05) is 30.3 Å². The van der Waals surface area contributed by atoms with E-state index < -0.39 is 0 Å². The van der Waals surface area contributed by atoms with Crippen LogP contribution in [-0.2, 0) is 4.74 Å². The first-order valence-corrected chi connectivity index (χ1v) is 7.45. The lowest BCUT2D eigenvalue weighted by atomic mass is 10.1. The minimum absolute atomic E-state index is 0.370. The molecule has 5 nitrogen and oxygen atoms in total. The van der Waals surface area contributed by atoms with Gasteiger partial charge in [-0.2, -0.15) is 0 Å². The summed E-state index contributed by atoms with van der Waals surface area (Å²) in [6.45, 7) is 0. The molecule has 2 aromatic carbocycles. The summed E-state index contributed by atoms with van der Waals surface area (Å²) < 4.78 is 4.69. The Labute approximate surface area is 140 Å². The van der Waals surface area contributed by atoms with Gasteiger partial charge in [-0.25, -0.2) is 9.78 Å². The maximum Gasteiger partial charge on any atom is 0.337 e. The number of anilines is 3. The monoisotopic (exact) mass is 319 g/mol. The molecular weight excluding hydrogens is 302 g/mol. The molecule has 0 aliphatic carbocycles. The third kappa shape index (κ3) is 3.35. The number of carbonyl (C=O) groups excluding carboxylic acids is 1. The molecule has 0 bridgehead atoms. The Bertz CT molecular complexity index is 846. The van der Waals surface area contributed by atoms with Crippen LogP contribution in [0.5, 0.6) is 0 Å². The van der Waals surface area contributed by atoms with E-state index in [0.29, 0.717) is 17.1 Å². The van der Waals surface area contributed by atoms with Crippen LogP contribution in [0.4, 0.5) is 17.2 Å². The van der Waals surface area contributed by atoms with Crippen molar-refractivity contribution in [1.82, 2.24) is 4.98 Å². The summed E-state index contributed by atoms with van der Waals surface area (Å²) in [5.41, 5.74) is 9.68. The molecule has 0 fully saturated rings. The summed E-state index contributed by atoms with van der Waals surface area (Å²) in [7, 11) is 1.36. The molecule has 3 N–H and O–H groups in total. The van der Waals surface area contributed by atoms with Crippen molar-refractivity contribution in [2.24, 2.45) is 0 Å². The Morgan fingerprint density at radius 3 is 2.38 bits per heavy atom. The average molecular weight is 319 g/mol. The number of aromatic nitrogens is 1. The highest BCUT2D eigenvalue weighted by atomic mass is 16.5. The summed E-state index contributed by atoms with van der Waals surface area (Å²) in [5.74, 6) is 0.201. The van der Waals surface area contributed by atoms with E-state index in [2.05, 4.69) is 15.0 Å². The topological polar surface area (TPSA) is 77.2 Å². The number of nitrogens with zero attached hydrogens (tertiary/aromatic N) is 1. The molecule has 120 valence electrons. The highest BCUT2D eigenvalue weighted by molar-refractivity contribution is 5.89. The predicted octanol–water partition coefficient (Wildman–Crippen LogP) is 3.86. The first-order chi connectivity index (χ1) is 11.7. The van der Waals surface area contributed by atoms with Crippen molar-refractivity contribution in [3.63, 3.8) is 0 Å². The molecule has 5 heteroatoms. The van der Waals surface area contributed by atoms with Gasteiger partial charge in [-0.15, -0.1) is 0 Å². The van der Waals surface area contributed by atoms with Crippen molar-refractivity contribution in [1.29, 1.82) is 0 Å². The van der Waals surface area contributed by atoms with E-state index in [1.807, 2.05) is 42.5 Å². The fourth-order valence-electron chi connectivity index (χ4n) is 2.28. The van der Waals surface area contributed by atoms with Gasteiger partial charge in [0.2, 0.25) is 0 Å². The van der Waals surface area contributed by atoms with Crippen LogP contribution in [0, 0.1) is 0 Å². The number of hydrogen-bond donors (Lipinski definition) is 2. The van der Waals surface area contributed by atoms with E-state index in [9.17, 15) is 4.79 Å². The molecule has 0 radical (unpaired) electrons. The Hall–Kier alpha value is -3.34. The number of benzene rings is 2. The zero-order chi connectivity index (χ0) is 16.9. The highest BCUT2D eigenvalue weighted by Gasteiger charge is 2.07. The lowest BCUT2D eigenvalue weighted by molar-refractivity contribution is 0.0601. The summed E-state index contributed by atoms with van der Waals surface area (Å²) in [6.07, 6.45) is 0. The van der Waals surface area contributed by atoms with Gasteiger partial charge in [-0.05, 0) is 36.4 Å². The van der Waals surface area contributed by atoms with Crippen LogP contribution in [0.15, 0.2) is 66.7 Å². The number of nitrogen functional groups attached to an aromatic ring is 1. The number of pyridine rings is 1. The van der Waals surface area contributed by atoms with E-state index in [4.69, 9.17) is 5.73 Å². The summed E-state index contributed by atoms with van der Waals surface area (Å²) in [6, 6.07) is 20.5. The summed E-state index contributed by atoms with van der Waals surface area (Å²) in [4.78, 5) is 16.0. The molecular formula is C19H17N3O2. The molecule has 1 heterocycles. The van der Waals surface area contributed by atoms with E-state index in [1.165, 1.54) is 7.11 Å². The molecule has 0 aliphatic rings. The van der Waals surface area contributed by atoms with Crippen LogP contribution in [0.3, 0.4) is 0 Å². The van der Waals surface area contributed by atoms with Crippen molar-refractivity contribution in [2.45, 2.75) is 0 Å². The fourth-order valence-corrected chi connectivity index (χ4v) is 2.28. The first-order valence-electron chi connectivity index (χ1n) is 7.45. The van der Waals surface area contributed by atoms with Gasteiger partial charge < -0.3 is 15.8 Å². The lowest BCUT2D eigenvalue weighted by Crippen LogP contribution is -2.02. The molecule has 3 aromatic rings. The molecule has 0 unspecified atom stereocenters. The maximum absolute atomic E-state index is 11.5. The van der Waals surface area contributed by atoms with Gasteiger partial charge in [-0.3, -0.25) is 0 Å². The smallest absolute Gasteiger partial charge is 0.337 e. The second kappa shape index (κ2) is 6.83. The minimum atomic E-state index is -0.370. The molecule has 0 aliphatic heterocycles. The SMILES string of the molecule is COC(=O)c1ccc(Nc2nc(-c3ccccc3)ccc2N)cc1. The van der Waals surface area contributed by atoms with E-state index in [-0.39, 0.29) is 5.97 Å². The number of nitrogens with two attached hydrogens (primary N) is 1. The van der Waals surface area contributed by atoms with Crippen LogP contribution in [0.2, 0.25) is 0 Å². The number of esters is 1. The minimum Gasteiger partial charge on any atom is -0.465 e.